The molecule has 0 radical (unpaired) electrons. The molecule has 12 nitrogen and oxygen atoms in total. The second-order valence-corrected chi connectivity index (χ2v) is 42.3. The summed E-state index contributed by atoms with van der Waals surface area (Å²) < 4.78 is 0. The molecule has 0 bridgehead atoms. The predicted octanol–water partition coefficient (Wildman–Crippen LogP) is 32.2. The van der Waals surface area contributed by atoms with E-state index in [-0.39, 0.29) is 32.5 Å². The summed E-state index contributed by atoms with van der Waals surface area (Å²) in [5.74, 6) is 5.28. The van der Waals surface area contributed by atoms with Gasteiger partial charge in [-0.2, -0.15) is 0 Å². The molecule has 12 heteroatoms. The number of benzene rings is 13. The van der Waals surface area contributed by atoms with E-state index in [0.29, 0.717) is 52.4 Å². The highest BCUT2D eigenvalue weighted by Gasteiger charge is 2.26. The van der Waals surface area contributed by atoms with E-state index in [1.807, 2.05) is 18.6 Å². The Kier molecular flexibility index (Phi) is 24.4. The molecule has 0 unspecified atom stereocenters. The van der Waals surface area contributed by atoms with Gasteiger partial charge >= 0.3 is 0 Å². The van der Waals surface area contributed by atoms with Gasteiger partial charge in [-0.3, -0.25) is 15.0 Å². The van der Waals surface area contributed by atoms with Crippen LogP contribution in [0.25, 0.3) is 203 Å². The van der Waals surface area contributed by atoms with Gasteiger partial charge in [0.2, 0.25) is 0 Å². The van der Waals surface area contributed by atoms with Gasteiger partial charge in [0.05, 0.1) is 17.1 Å². The van der Waals surface area contributed by atoms with E-state index in [4.69, 9.17) is 59.8 Å². The number of pyridine rings is 3. The van der Waals surface area contributed by atoms with E-state index in [2.05, 4.69) is 470 Å². The van der Waals surface area contributed by atoms with E-state index in [0.717, 1.165) is 151 Å². The zero-order valence-electron chi connectivity index (χ0n) is 82.0. The Morgan fingerprint density at radius 2 is 0.268 bits per heavy atom. The monoisotopic (exact) mass is 1790 g/mol. The third-order valence-corrected chi connectivity index (χ3v) is 26.1. The highest BCUT2D eigenvalue weighted by molar-refractivity contribution is 5.95. The van der Waals surface area contributed by atoms with Gasteiger partial charge in [-0.25, -0.2) is 44.9 Å². The normalized spacial score (nSPS) is 12.1. The molecule has 0 aliphatic heterocycles. The minimum atomic E-state index is -0.00529. The van der Waals surface area contributed by atoms with Gasteiger partial charge < -0.3 is 0 Å². The second-order valence-electron chi connectivity index (χ2n) is 42.3. The summed E-state index contributed by atoms with van der Waals surface area (Å²) in [5, 5.41) is 0. The molecule has 19 rings (SSSR count). The number of hydrogen-bond acceptors (Lipinski definition) is 12. The van der Waals surface area contributed by atoms with Crippen LogP contribution in [0, 0.1) is 0 Å². The molecule has 138 heavy (non-hydrogen) atoms. The summed E-state index contributed by atoms with van der Waals surface area (Å²) in [5.41, 5.74) is 33.6. The minimum Gasteiger partial charge on any atom is -0.255 e. The molecular weight excluding hydrogens is 1680 g/mol. The third kappa shape index (κ3) is 19.9. The first-order valence-corrected chi connectivity index (χ1v) is 47.7. The standard InChI is InChI=1S/C126H114N12/c1-121(2,3)97-58-43-85(44-59-97)112-130-113(86-45-60-98(61-46-86)122(4,5)6)134-118(133-112)91-55-70-109(127-76-91)82-37-31-79(32-38-82)103-25-19-22-28-106(103)94-73-95(107-29-23-20-26-104(107)80-33-39-83(40-34-80)110-71-56-92(77-128-110)119-135-114(87-47-62-99(63-48-87)123(7,8)9)131-115(136-119)88-49-64-100(65-50-88)124(10,11)12)75-96(74-94)108-30-24-21-27-105(108)81-35-41-84(42-36-81)111-72-57-93(78-129-111)120-137-116(89-51-66-101(67-52-89)125(13,14)15)132-117(138-120)90-53-68-102(69-54-90)126(16,17)18/h19-78H,1-18H3. The summed E-state index contributed by atoms with van der Waals surface area (Å²) in [4.78, 5) is 61.4. The van der Waals surface area contributed by atoms with Crippen LogP contribution in [0.4, 0.5) is 0 Å². The van der Waals surface area contributed by atoms with Crippen molar-refractivity contribution in [2.45, 2.75) is 157 Å². The van der Waals surface area contributed by atoms with Crippen LogP contribution in [0.5, 0.6) is 0 Å². The number of nitrogens with zero attached hydrogens (tertiary/aromatic N) is 12. The van der Waals surface area contributed by atoms with Crippen molar-refractivity contribution in [3.8, 4) is 203 Å². The Balaban J connectivity index is 0.653. The fourth-order valence-corrected chi connectivity index (χ4v) is 17.6. The molecule has 0 saturated heterocycles. The maximum absolute atomic E-state index is 5.13. The Bertz CT molecular complexity index is 6680. The minimum absolute atomic E-state index is 0.00529. The van der Waals surface area contributed by atoms with Crippen molar-refractivity contribution >= 4 is 0 Å². The first-order valence-electron chi connectivity index (χ1n) is 47.7. The van der Waals surface area contributed by atoms with Crippen molar-refractivity contribution in [3.63, 3.8) is 0 Å². The predicted molar refractivity (Wildman–Crippen MR) is 570 cm³/mol. The van der Waals surface area contributed by atoms with Gasteiger partial charge in [-0.05, 0) is 187 Å². The van der Waals surface area contributed by atoms with Gasteiger partial charge in [-0.15, -0.1) is 0 Å². The van der Waals surface area contributed by atoms with Crippen LogP contribution in [0.15, 0.2) is 364 Å². The molecular formula is C126H114N12. The molecule has 678 valence electrons. The number of hydrogen-bond donors (Lipinski definition) is 0. The molecule has 19 aromatic rings. The second kappa shape index (κ2) is 36.9. The van der Waals surface area contributed by atoms with Crippen molar-refractivity contribution < 1.29 is 0 Å². The highest BCUT2D eigenvalue weighted by atomic mass is 15.1. The largest absolute Gasteiger partial charge is 0.255 e. The smallest absolute Gasteiger partial charge is 0.165 e. The molecule has 0 N–H and O–H groups in total. The van der Waals surface area contributed by atoms with Gasteiger partial charge in [0.15, 0.2) is 52.4 Å². The van der Waals surface area contributed by atoms with E-state index in [1.165, 1.54) is 33.4 Å². The molecule has 6 heterocycles. The van der Waals surface area contributed by atoms with E-state index >= 15 is 0 Å². The molecule has 0 atom stereocenters. The fraction of sp³-hybridized carbons (Fsp3) is 0.190. The molecule has 0 aliphatic carbocycles. The molecule has 0 fully saturated rings. The molecule has 13 aromatic carbocycles. The lowest BCUT2D eigenvalue weighted by molar-refractivity contribution is 0.590. The molecule has 0 amide bonds. The Hall–Kier alpha value is -15.7. The fourth-order valence-electron chi connectivity index (χ4n) is 17.6. The van der Waals surface area contributed by atoms with Crippen LogP contribution in [0.3, 0.4) is 0 Å². The average molecular weight is 1800 g/mol. The van der Waals surface area contributed by atoms with Crippen molar-refractivity contribution in [2.75, 3.05) is 0 Å². The van der Waals surface area contributed by atoms with Crippen molar-refractivity contribution in [3.05, 3.63) is 398 Å². The van der Waals surface area contributed by atoms with Gasteiger partial charge in [0.1, 0.15) is 0 Å². The molecule has 0 spiro atoms. The van der Waals surface area contributed by atoms with Crippen LogP contribution in [0.1, 0.15) is 158 Å². The molecule has 0 aliphatic rings. The average Bonchev–Trinajstić information content (AvgIpc) is 0.761. The summed E-state index contributed by atoms with van der Waals surface area (Å²) in [7, 11) is 0. The number of aromatic nitrogens is 12. The lowest BCUT2D eigenvalue weighted by Gasteiger charge is -2.19. The van der Waals surface area contributed by atoms with Crippen LogP contribution in [0.2, 0.25) is 0 Å². The topological polar surface area (TPSA) is 155 Å². The van der Waals surface area contributed by atoms with Crippen molar-refractivity contribution in [1.82, 2.24) is 59.8 Å². The zero-order chi connectivity index (χ0) is 96.2. The van der Waals surface area contributed by atoms with E-state index < -0.39 is 0 Å². The van der Waals surface area contributed by atoms with E-state index in [1.54, 1.807) is 0 Å². The SMILES string of the molecule is CC(C)(C)c1ccc(-c2nc(-c3ccc(C(C)(C)C)cc3)nc(-c3ccc(-c4ccc(-c5ccccc5-c5cc(-c6ccccc6-c6ccc(-c7ccc(-c8nc(-c9ccc(C(C)(C)C)cc9)nc(-c9ccc(C(C)(C)C)cc9)n8)cn7)cc6)cc(-c6ccccc6-c6ccc(-c7ccc(-c8nc(-c9ccc(C(C)(C)C)cc9)nc(-c9ccc(C(C)(C)C)cc9)n8)cn7)cc6)c5)cc4)nc3)n2)cc1. The maximum Gasteiger partial charge on any atom is 0.165 e. The van der Waals surface area contributed by atoms with Crippen molar-refractivity contribution in [1.29, 1.82) is 0 Å². The first-order chi connectivity index (χ1) is 66.1. The van der Waals surface area contributed by atoms with E-state index in [9.17, 15) is 0 Å². The highest BCUT2D eigenvalue weighted by Crippen LogP contribution is 2.45. The quantitative estimate of drug-likeness (QED) is 0.0803. The molecule has 0 saturated carbocycles. The Labute approximate surface area is 812 Å². The maximum atomic E-state index is 5.13. The summed E-state index contributed by atoms with van der Waals surface area (Å²) >= 11 is 0. The Morgan fingerprint density at radius 1 is 0.130 bits per heavy atom. The lowest BCUT2D eigenvalue weighted by atomic mass is 9.86. The molecule has 6 aromatic heterocycles. The Morgan fingerprint density at radius 3 is 0.420 bits per heavy atom. The summed E-state index contributed by atoms with van der Waals surface area (Å²) in [6.45, 7) is 40.1. The van der Waals surface area contributed by atoms with Crippen LogP contribution in [-0.4, -0.2) is 59.8 Å². The lowest BCUT2D eigenvalue weighted by Crippen LogP contribution is -2.11. The van der Waals surface area contributed by atoms with Gasteiger partial charge in [0.25, 0.3) is 0 Å². The van der Waals surface area contributed by atoms with Crippen LogP contribution < -0.4 is 0 Å². The summed E-state index contributed by atoms with van der Waals surface area (Å²) in [6.07, 6.45) is 5.64. The summed E-state index contributed by atoms with van der Waals surface area (Å²) in [6, 6.07) is 123. The van der Waals surface area contributed by atoms with Crippen molar-refractivity contribution in [2.24, 2.45) is 0 Å². The first kappa shape index (κ1) is 91.5. The van der Waals surface area contributed by atoms with Gasteiger partial charge in [0, 0.05) is 85.4 Å². The third-order valence-electron chi connectivity index (χ3n) is 26.1. The number of rotatable bonds is 18. The van der Waals surface area contributed by atoms with Crippen LogP contribution >= 0.6 is 0 Å². The van der Waals surface area contributed by atoms with Gasteiger partial charge in [-0.1, -0.05) is 416 Å². The zero-order valence-corrected chi connectivity index (χ0v) is 82.0. The van der Waals surface area contributed by atoms with Crippen LogP contribution in [-0.2, 0) is 32.5 Å².